The van der Waals surface area contributed by atoms with Crippen LogP contribution in [-0.4, -0.2) is 21.1 Å². The van der Waals surface area contributed by atoms with Gasteiger partial charge in [-0.25, -0.2) is 17.9 Å². The molecule has 1 amide bonds. The Morgan fingerprint density at radius 1 is 1.39 bits per heavy atom. The molecule has 98 valence electrons. The van der Waals surface area contributed by atoms with Gasteiger partial charge in [-0.05, 0) is 30.9 Å². The molecule has 1 aromatic rings. The van der Waals surface area contributed by atoms with Crippen molar-refractivity contribution in [2.24, 2.45) is 5.92 Å². The van der Waals surface area contributed by atoms with Crippen LogP contribution in [0.3, 0.4) is 0 Å². The third kappa shape index (κ3) is 3.36. The standard InChI is InChI=1S/C11H12ClNO4S/c12-9-3-1-2-4-10(9)18(15,16)13-11(14)17-7-8-5-6-8/h1-4,8H,5-7H2,(H,13,14). The molecule has 1 aromatic carbocycles. The normalized spacial score (nSPS) is 15.2. The summed E-state index contributed by atoms with van der Waals surface area (Å²) in [5, 5.41) is 0.0555. The van der Waals surface area contributed by atoms with E-state index in [4.69, 9.17) is 16.3 Å². The van der Waals surface area contributed by atoms with Crippen molar-refractivity contribution < 1.29 is 17.9 Å². The van der Waals surface area contributed by atoms with Gasteiger partial charge in [0.25, 0.3) is 10.0 Å². The van der Waals surface area contributed by atoms with E-state index in [2.05, 4.69) is 0 Å². The van der Waals surface area contributed by atoms with Gasteiger partial charge in [-0.15, -0.1) is 0 Å². The summed E-state index contributed by atoms with van der Waals surface area (Å²) < 4.78 is 30.3. The fourth-order valence-electron chi connectivity index (χ4n) is 1.33. The van der Waals surface area contributed by atoms with E-state index in [-0.39, 0.29) is 16.5 Å². The number of benzene rings is 1. The molecular formula is C11H12ClNO4S. The van der Waals surface area contributed by atoms with Gasteiger partial charge in [-0.1, -0.05) is 23.7 Å². The fraction of sp³-hybridized carbons (Fsp3) is 0.364. The van der Waals surface area contributed by atoms with Crippen LogP contribution in [-0.2, 0) is 14.8 Å². The minimum absolute atomic E-state index is 0.0555. The number of hydrogen-bond donors (Lipinski definition) is 1. The number of sulfonamides is 1. The number of halogens is 1. The van der Waals surface area contributed by atoms with Gasteiger partial charge in [-0.3, -0.25) is 0 Å². The van der Waals surface area contributed by atoms with E-state index in [0.717, 1.165) is 12.8 Å². The Kier molecular flexibility index (Phi) is 3.77. The zero-order valence-corrected chi connectivity index (χ0v) is 11.0. The van der Waals surface area contributed by atoms with Crippen molar-refractivity contribution >= 4 is 27.7 Å². The molecule has 7 heteroatoms. The second-order valence-electron chi connectivity index (χ2n) is 4.08. The first-order valence-corrected chi connectivity index (χ1v) is 7.29. The van der Waals surface area contributed by atoms with E-state index in [9.17, 15) is 13.2 Å². The number of rotatable bonds is 4. The van der Waals surface area contributed by atoms with Crippen molar-refractivity contribution in [1.82, 2.24) is 4.72 Å². The van der Waals surface area contributed by atoms with Crippen molar-refractivity contribution in [3.63, 3.8) is 0 Å². The maximum absolute atomic E-state index is 11.8. The van der Waals surface area contributed by atoms with Gasteiger partial charge in [0, 0.05) is 0 Å². The van der Waals surface area contributed by atoms with E-state index in [1.165, 1.54) is 18.2 Å². The quantitative estimate of drug-likeness (QED) is 0.922. The molecule has 0 unspecified atom stereocenters. The zero-order valence-electron chi connectivity index (χ0n) is 9.43. The summed E-state index contributed by atoms with van der Waals surface area (Å²) in [5.74, 6) is 0.374. The minimum atomic E-state index is -3.97. The van der Waals surface area contributed by atoms with Gasteiger partial charge in [-0.2, -0.15) is 0 Å². The van der Waals surface area contributed by atoms with Crippen LogP contribution in [0.25, 0.3) is 0 Å². The maximum atomic E-state index is 11.8. The summed E-state index contributed by atoms with van der Waals surface area (Å²) in [4.78, 5) is 11.2. The van der Waals surface area contributed by atoms with Gasteiger partial charge in [0.15, 0.2) is 0 Å². The molecule has 0 aliphatic heterocycles. The van der Waals surface area contributed by atoms with Crippen molar-refractivity contribution in [3.05, 3.63) is 29.3 Å². The second-order valence-corrected chi connectivity index (χ2v) is 6.14. The first-order chi connectivity index (χ1) is 8.49. The molecule has 1 aliphatic carbocycles. The van der Waals surface area contributed by atoms with Crippen LogP contribution < -0.4 is 4.72 Å². The molecule has 1 aliphatic rings. The minimum Gasteiger partial charge on any atom is -0.449 e. The molecule has 0 radical (unpaired) electrons. The number of carbonyl (C=O) groups is 1. The van der Waals surface area contributed by atoms with Crippen LogP contribution in [0.4, 0.5) is 4.79 Å². The highest BCUT2D eigenvalue weighted by atomic mass is 35.5. The van der Waals surface area contributed by atoms with E-state index in [1.807, 2.05) is 4.72 Å². The van der Waals surface area contributed by atoms with Gasteiger partial charge in [0.1, 0.15) is 4.90 Å². The Hall–Kier alpha value is -1.27. The molecule has 1 saturated carbocycles. The molecule has 0 atom stereocenters. The summed E-state index contributed by atoms with van der Waals surface area (Å²) in [5.41, 5.74) is 0. The summed E-state index contributed by atoms with van der Waals surface area (Å²) in [6.45, 7) is 0.254. The monoisotopic (exact) mass is 289 g/mol. The lowest BCUT2D eigenvalue weighted by Gasteiger charge is -2.08. The highest BCUT2D eigenvalue weighted by Crippen LogP contribution is 2.28. The lowest BCUT2D eigenvalue weighted by molar-refractivity contribution is 0.147. The number of ether oxygens (including phenoxy) is 1. The molecule has 18 heavy (non-hydrogen) atoms. The first kappa shape index (κ1) is 13.2. The Morgan fingerprint density at radius 2 is 2.06 bits per heavy atom. The van der Waals surface area contributed by atoms with Crippen molar-refractivity contribution in [1.29, 1.82) is 0 Å². The topological polar surface area (TPSA) is 72.5 Å². The molecule has 0 saturated heterocycles. The molecule has 2 rings (SSSR count). The molecule has 5 nitrogen and oxygen atoms in total. The lowest BCUT2D eigenvalue weighted by atomic mass is 10.4. The average Bonchev–Trinajstić information content (AvgIpc) is 3.10. The zero-order chi connectivity index (χ0) is 13.2. The van der Waals surface area contributed by atoms with Crippen molar-refractivity contribution in [2.45, 2.75) is 17.7 Å². The number of carbonyl (C=O) groups excluding carboxylic acids is 1. The van der Waals surface area contributed by atoms with E-state index < -0.39 is 16.1 Å². The Bertz CT molecular complexity index is 554. The van der Waals surface area contributed by atoms with Crippen LogP contribution in [0.15, 0.2) is 29.2 Å². The number of nitrogens with one attached hydrogen (secondary N) is 1. The molecule has 1 N–H and O–H groups in total. The second kappa shape index (κ2) is 5.16. The average molecular weight is 290 g/mol. The molecule has 0 aromatic heterocycles. The van der Waals surface area contributed by atoms with Crippen LogP contribution >= 0.6 is 11.6 Å². The molecule has 0 spiro atoms. The summed E-state index contributed by atoms with van der Waals surface area (Å²) in [6, 6.07) is 5.88. The lowest BCUT2D eigenvalue weighted by Crippen LogP contribution is -2.31. The van der Waals surface area contributed by atoms with Gasteiger partial charge >= 0.3 is 6.09 Å². The third-order valence-electron chi connectivity index (χ3n) is 2.49. The molecule has 0 heterocycles. The van der Waals surface area contributed by atoms with Crippen LogP contribution in [0.1, 0.15) is 12.8 Å². The van der Waals surface area contributed by atoms with Crippen LogP contribution in [0, 0.1) is 5.92 Å². The van der Waals surface area contributed by atoms with Gasteiger partial charge < -0.3 is 4.74 Å². The first-order valence-electron chi connectivity index (χ1n) is 5.43. The van der Waals surface area contributed by atoms with Gasteiger partial charge in [0.2, 0.25) is 0 Å². The predicted molar refractivity (Wildman–Crippen MR) is 65.8 cm³/mol. The largest absolute Gasteiger partial charge is 0.449 e. The Balaban J connectivity index is 2.02. The smallest absolute Gasteiger partial charge is 0.421 e. The summed E-state index contributed by atoms with van der Waals surface area (Å²) >= 11 is 5.76. The van der Waals surface area contributed by atoms with E-state index in [1.54, 1.807) is 6.07 Å². The SMILES string of the molecule is O=C(NS(=O)(=O)c1ccccc1Cl)OCC1CC1. The summed E-state index contributed by atoms with van der Waals surface area (Å²) in [7, 11) is -3.97. The van der Waals surface area contributed by atoms with Gasteiger partial charge in [0.05, 0.1) is 11.6 Å². The predicted octanol–water partition coefficient (Wildman–Crippen LogP) is 2.16. The highest BCUT2D eigenvalue weighted by Gasteiger charge is 2.25. The fourth-order valence-corrected chi connectivity index (χ4v) is 2.75. The van der Waals surface area contributed by atoms with Crippen molar-refractivity contribution in [3.8, 4) is 0 Å². The maximum Gasteiger partial charge on any atom is 0.421 e. The van der Waals surface area contributed by atoms with E-state index >= 15 is 0 Å². The third-order valence-corrected chi connectivity index (χ3v) is 4.30. The van der Waals surface area contributed by atoms with E-state index in [0.29, 0.717) is 5.92 Å². The molecule has 0 bridgehead atoms. The Morgan fingerprint density at radius 3 is 2.67 bits per heavy atom. The number of amides is 1. The van der Waals surface area contributed by atoms with Crippen LogP contribution in [0.5, 0.6) is 0 Å². The molecule has 1 fully saturated rings. The van der Waals surface area contributed by atoms with Crippen molar-refractivity contribution in [2.75, 3.05) is 6.61 Å². The van der Waals surface area contributed by atoms with Crippen LogP contribution in [0.2, 0.25) is 5.02 Å². The Labute approximate surface area is 110 Å². The highest BCUT2D eigenvalue weighted by molar-refractivity contribution is 7.90. The molecular weight excluding hydrogens is 278 g/mol. The summed E-state index contributed by atoms with van der Waals surface area (Å²) in [6.07, 6.45) is 1.07. The number of hydrogen-bond acceptors (Lipinski definition) is 4.